The van der Waals surface area contributed by atoms with Crippen LogP contribution in [0.3, 0.4) is 0 Å². The van der Waals surface area contributed by atoms with Gasteiger partial charge >= 0.3 is 0 Å². The maximum atomic E-state index is 12.8. The summed E-state index contributed by atoms with van der Waals surface area (Å²) in [6.07, 6.45) is 1.41. The Labute approximate surface area is 150 Å². The Morgan fingerprint density at radius 3 is 2.64 bits per heavy atom. The topological polar surface area (TPSA) is 52.6 Å². The molecule has 0 aliphatic rings. The molecule has 126 valence electrons. The quantitative estimate of drug-likeness (QED) is 0.379. The number of hydrogen-bond donors (Lipinski definition) is 0. The van der Waals surface area contributed by atoms with Gasteiger partial charge in [0.25, 0.3) is 0 Å². The minimum Gasteiger partial charge on any atom is -0.493 e. The molecule has 6 heteroatoms. The largest absolute Gasteiger partial charge is 0.493 e. The molecule has 1 aromatic heterocycles. The van der Waals surface area contributed by atoms with E-state index < -0.39 is 5.87 Å². The fourth-order valence-electron chi connectivity index (χ4n) is 2.75. The Morgan fingerprint density at radius 2 is 1.84 bits per heavy atom. The average molecular weight is 352 g/mol. The van der Waals surface area contributed by atoms with Crippen LogP contribution in [-0.4, -0.2) is 26.9 Å². The first-order valence-electron chi connectivity index (χ1n) is 8.08. The van der Waals surface area contributed by atoms with Gasteiger partial charge < -0.3 is 9.47 Å². The van der Waals surface area contributed by atoms with E-state index in [1.165, 1.54) is 0 Å². The fourth-order valence-corrected chi connectivity index (χ4v) is 3.88. The molecule has 0 saturated carbocycles. The third kappa shape index (κ3) is 3.85. The monoisotopic (exact) mass is 352 g/mol. The molecule has 0 atom stereocenters. The molecule has 0 unspecified atom stereocenters. The summed E-state index contributed by atoms with van der Waals surface area (Å²) < 4.78 is 12.4. The fraction of sp³-hybridized carbons (Fsp3) is 0.263. The van der Waals surface area contributed by atoms with Gasteiger partial charge in [-0.2, -0.15) is 0 Å². The van der Waals surface area contributed by atoms with Gasteiger partial charge in [0.05, 0.1) is 13.2 Å². The van der Waals surface area contributed by atoms with Crippen LogP contribution in [0, 0.1) is 6.92 Å². The summed E-state index contributed by atoms with van der Waals surface area (Å²) in [5.74, 6) is -0.0503. The number of fused-ring (bicyclic) bond motifs is 2. The Bertz CT molecular complexity index is 980. The second kappa shape index (κ2) is 7.70. The third-order valence-corrected chi connectivity index (χ3v) is 5.13. The Balaban J connectivity index is 1.80. The molecule has 0 fully saturated rings. The summed E-state index contributed by atoms with van der Waals surface area (Å²) in [7, 11) is 4.90. The zero-order chi connectivity index (χ0) is 17.8. The molecule has 0 saturated heterocycles. The van der Waals surface area contributed by atoms with E-state index >= 15 is 0 Å². The van der Waals surface area contributed by atoms with Gasteiger partial charge in [0.2, 0.25) is 13.7 Å². The third-order valence-electron chi connectivity index (χ3n) is 4.00. The number of aryl methyl sites for hydroxylation is 1. The van der Waals surface area contributed by atoms with E-state index in [1.807, 2.05) is 43.3 Å². The highest BCUT2D eigenvalue weighted by atomic mass is 32.1. The minimum absolute atomic E-state index is 0.0437. The van der Waals surface area contributed by atoms with Crippen molar-refractivity contribution in [2.75, 3.05) is 13.2 Å². The Hall–Kier alpha value is -2.34. The molecule has 0 bridgehead atoms. The lowest BCUT2D eigenvalue weighted by Crippen LogP contribution is -2.07. The highest BCUT2D eigenvalue weighted by molar-refractivity contribution is 7.24. The van der Waals surface area contributed by atoms with Crippen LogP contribution in [0.2, 0.25) is 0 Å². The van der Waals surface area contributed by atoms with Gasteiger partial charge in [-0.05, 0) is 44.0 Å². The molecule has 4 nitrogen and oxygen atoms in total. The molecule has 2 aromatic carbocycles. The van der Waals surface area contributed by atoms with Crippen LogP contribution in [0.1, 0.15) is 18.4 Å². The molecule has 0 amide bonds. The number of hydrogen-bond acceptors (Lipinski definition) is 5. The number of carbonyl (C=O) groups is 1. The van der Waals surface area contributed by atoms with E-state index in [0.29, 0.717) is 18.8 Å². The molecule has 0 N–H and O–H groups in total. The predicted molar refractivity (Wildman–Crippen MR) is 102 cm³/mol. The van der Waals surface area contributed by atoms with E-state index in [1.54, 1.807) is 11.3 Å². The number of ether oxygens (including phenoxy) is 2. The van der Waals surface area contributed by atoms with Gasteiger partial charge in [-0.3, -0.25) is 9.59 Å². The molecule has 2 radical (unpaired) electrons. The van der Waals surface area contributed by atoms with Crippen molar-refractivity contribution in [1.82, 2.24) is 0 Å². The zero-order valence-electron chi connectivity index (χ0n) is 13.9. The van der Waals surface area contributed by atoms with E-state index in [2.05, 4.69) is 4.74 Å². The Kier molecular flexibility index (Phi) is 5.39. The number of carbonyl (C=O) groups excluding carboxylic acids is 1. The van der Waals surface area contributed by atoms with Crippen molar-refractivity contribution in [1.29, 1.82) is 0 Å². The molecule has 3 rings (SSSR count). The van der Waals surface area contributed by atoms with Gasteiger partial charge in [0, 0.05) is 25.7 Å². The maximum Gasteiger partial charge on any atom is 0.235 e. The summed E-state index contributed by atoms with van der Waals surface area (Å²) in [6, 6.07) is 11.5. The molecule has 1 heterocycles. The molecule has 3 aromatic rings. The zero-order valence-corrected chi connectivity index (χ0v) is 14.7. The summed E-state index contributed by atoms with van der Waals surface area (Å²) in [5, 5.41) is 1.46. The van der Waals surface area contributed by atoms with Crippen molar-refractivity contribution >= 4 is 45.2 Å². The SMILES string of the molecule is [B]C(=O)OCCCCOc1ccc2sc3ccccc3c(=O)c2c1C. The standard InChI is InChI=1S/C19H17BO4S/c1-12-14(23-10-4-5-11-24-19(20)22)8-9-16-17(12)18(21)13-6-2-3-7-15(13)25-16/h2-3,6-9H,4-5,10-11H2,1H3. The van der Waals surface area contributed by atoms with Gasteiger partial charge in [-0.1, -0.05) is 12.1 Å². The van der Waals surface area contributed by atoms with Gasteiger partial charge in [0.15, 0.2) is 5.43 Å². The van der Waals surface area contributed by atoms with Crippen LogP contribution in [0.15, 0.2) is 41.2 Å². The van der Waals surface area contributed by atoms with Crippen molar-refractivity contribution < 1.29 is 14.3 Å². The highest BCUT2D eigenvalue weighted by Crippen LogP contribution is 2.31. The molecular weight excluding hydrogens is 335 g/mol. The summed E-state index contributed by atoms with van der Waals surface area (Å²) in [4.78, 5) is 23.3. The molecule has 0 aliphatic carbocycles. The predicted octanol–water partition coefficient (Wildman–Crippen LogP) is 4.19. The van der Waals surface area contributed by atoms with Crippen LogP contribution in [0.5, 0.6) is 5.75 Å². The number of rotatable bonds is 6. The lowest BCUT2D eigenvalue weighted by molar-refractivity contribution is 0.167. The average Bonchev–Trinajstić information content (AvgIpc) is 2.59. The molecular formula is C19H17BO4S. The maximum absolute atomic E-state index is 12.8. The summed E-state index contributed by atoms with van der Waals surface area (Å²) >= 11 is 1.61. The second-order valence-electron chi connectivity index (χ2n) is 5.71. The van der Waals surface area contributed by atoms with Crippen LogP contribution < -0.4 is 10.2 Å². The van der Waals surface area contributed by atoms with E-state index in [0.717, 1.165) is 32.2 Å². The number of benzene rings is 2. The van der Waals surface area contributed by atoms with Crippen LogP contribution in [0.25, 0.3) is 20.2 Å². The van der Waals surface area contributed by atoms with Gasteiger partial charge in [0.1, 0.15) is 5.75 Å². The second-order valence-corrected chi connectivity index (χ2v) is 6.80. The summed E-state index contributed by atoms with van der Waals surface area (Å²) in [6.45, 7) is 2.68. The first-order valence-corrected chi connectivity index (χ1v) is 8.90. The van der Waals surface area contributed by atoms with Crippen molar-refractivity contribution in [2.24, 2.45) is 0 Å². The summed E-state index contributed by atoms with van der Waals surface area (Å²) in [5.41, 5.74) is 0.903. The van der Waals surface area contributed by atoms with Crippen molar-refractivity contribution in [3.05, 3.63) is 52.2 Å². The van der Waals surface area contributed by atoms with Crippen LogP contribution in [0.4, 0.5) is 4.79 Å². The minimum atomic E-state index is -0.761. The van der Waals surface area contributed by atoms with Gasteiger partial charge in [-0.25, -0.2) is 0 Å². The molecule has 0 spiro atoms. The van der Waals surface area contributed by atoms with E-state index in [-0.39, 0.29) is 12.0 Å². The molecule has 0 aliphatic heterocycles. The number of unbranched alkanes of at least 4 members (excludes halogenated alkanes) is 1. The van der Waals surface area contributed by atoms with Crippen molar-refractivity contribution in [3.8, 4) is 5.75 Å². The van der Waals surface area contributed by atoms with E-state index in [9.17, 15) is 9.59 Å². The lowest BCUT2D eigenvalue weighted by atomic mass is 10.1. The van der Waals surface area contributed by atoms with E-state index in [4.69, 9.17) is 12.6 Å². The van der Waals surface area contributed by atoms with Crippen molar-refractivity contribution in [2.45, 2.75) is 19.8 Å². The normalized spacial score (nSPS) is 10.9. The lowest BCUT2D eigenvalue weighted by Gasteiger charge is -2.11. The smallest absolute Gasteiger partial charge is 0.235 e. The van der Waals surface area contributed by atoms with Crippen molar-refractivity contribution in [3.63, 3.8) is 0 Å². The van der Waals surface area contributed by atoms with Crippen LogP contribution in [-0.2, 0) is 4.74 Å². The molecule has 25 heavy (non-hydrogen) atoms. The first kappa shape index (κ1) is 17.5. The van der Waals surface area contributed by atoms with Gasteiger partial charge in [-0.15, -0.1) is 11.3 Å². The first-order chi connectivity index (χ1) is 12.1. The van der Waals surface area contributed by atoms with Crippen LogP contribution >= 0.6 is 11.3 Å². The Morgan fingerprint density at radius 1 is 1.08 bits per heavy atom. The highest BCUT2D eigenvalue weighted by Gasteiger charge is 2.11.